The fourth-order valence-corrected chi connectivity index (χ4v) is 3.42. The summed E-state index contributed by atoms with van der Waals surface area (Å²) in [5.74, 6) is -0.103. The van der Waals surface area contributed by atoms with Crippen LogP contribution < -0.4 is 10.1 Å². The molecule has 0 spiro atoms. The molecule has 1 aliphatic heterocycles. The van der Waals surface area contributed by atoms with Crippen LogP contribution in [0.2, 0.25) is 0 Å². The van der Waals surface area contributed by atoms with Crippen LogP contribution in [0, 0.1) is 5.92 Å². The van der Waals surface area contributed by atoms with Crippen molar-refractivity contribution in [1.29, 1.82) is 0 Å². The van der Waals surface area contributed by atoms with E-state index >= 15 is 0 Å². The second kappa shape index (κ2) is 7.79. The van der Waals surface area contributed by atoms with Gasteiger partial charge in [-0.3, -0.25) is 9.69 Å². The summed E-state index contributed by atoms with van der Waals surface area (Å²) in [6.45, 7) is 3.66. The second-order valence-corrected chi connectivity index (χ2v) is 6.64. The Morgan fingerprint density at radius 3 is 2.70 bits per heavy atom. The van der Waals surface area contributed by atoms with Gasteiger partial charge in [-0.15, -0.1) is 0 Å². The molecule has 0 radical (unpaired) electrons. The minimum absolute atomic E-state index is 0.331. The lowest BCUT2D eigenvalue weighted by molar-refractivity contribution is -0.142. The van der Waals surface area contributed by atoms with Gasteiger partial charge in [0, 0.05) is 32.7 Å². The number of rotatable bonds is 5. The van der Waals surface area contributed by atoms with Crippen LogP contribution in [0.5, 0.6) is 5.75 Å². The molecule has 0 aromatic heterocycles. The first kappa shape index (κ1) is 16.3. The number of hydrogen-bond donors (Lipinski definition) is 2. The van der Waals surface area contributed by atoms with E-state index in [-0.39, 0.29) is 5.92 Å². The highest BCUT2D eigenvalue weighted by Gasteiger charge is 2.23. The van der Waals surface area contributed by atoms with Gasteiger partial charge in [-0.05, 0) is 43.4 Å². The van der Waals surface area contributed by atoms with Gasteiger partial charge in [0.05, 0.1) is 12.0 Å². The Morgan fingerprint density at radius 1 is 1.26 bits per heavy atom. The fourth-order valence-electron chi connectivity index (χ4n) is 3.42. The van der Waals surface area contributed by atoms with Crippen LogP contribution in [0.1, 0.15) is 31.2 Å². The molecule has 23 heavy (non-hydrogen) atoms. The zero-order valence-electron chi connectivity index (χ0n) is 13.5. The minimum Gasteiger partial charge on any atom is -0.490 e. The van der Waals surface area contributed by atoms with Crippen molar-refractivity contribution >= 4 is 5.97 Å². The standard InChI is InChI=1S/C18H26N2O3/c21-18(22)15-11-19-9-10-20(13-15)12-14-5-7-17(8-6-14)23-16-3-1-2-4-16/h5-8,15-16,19H,1-4,9-13H2,(H,21,22). The van der Waals surface area contributed by atoms with Crippen molar-refractivity contribution in [2.45, 2.75) is 38.3 Å². The molecule has 1 aliphatic carbocycles. The van der Waals surface area contributed by atoms with Crippen LogP contribution in [-0.4, -0.2) is 48.3 Å². The van der Waals surface area contributed by atoms with E-state index in [0.29, 0.717) is 19.2 Å². The molecule has 0 bridgehead atoms. The molecule has 1 aromatic rings. The third-order valence-electron chi connectivity index (χ3n) is 4.76. The van der Waals surface area contributed by atoms with Crippen LogP contribution in [0.3, 0.4) is 0 Å². The van der Waals surface area contributed by atoms with Crippen molar-refractivity contribution in [3.63, 3.8) is 0 Å². The first-order valence-electron chi connectivity index (χ1n) is 8.62. The molecule has 1 aromatic carbocycles. The Hall–Kier alpha value is -1.59. The number of hydrogen-bond acceptors (Lipinski definition) is 4. The van der Waals surface area contributed by atoms with Gasteiger partial charge in [-0.1, -0.05) is 12.1 Å². The third kappa shape index (κ3) is 4.69. The van der Waals surface area contributed by atoms with Crippen molar-refractivity contribution in [3.8, 4) is 5.75 Å². The lowest BCUT2D eigenvalue weighted by Crippen LogP contribution is -2.33. The van der Waals surface area contributed by atoms with Gasteiger partial charge in [0.15, 0.2) is 0 Å². The van der Waals surface area contributed by atoms with Gasteiger partial charge in [0.2, 0.25) is 0 Å². The minimum atomic E-state index is -0.718. The van der Waals surface area contributed by atoms with E-state index in [1.807, 2.05) is 12.1 Å². The summed E-state index contributed by atoms with van der Waals surface area (Å²) < 4.78 is 5.99. The topological polar surface area (TPSA) is 61.8 Å². The van der Waals surface area contributed by atoms with E-state index in [1.165, 1.54) is 31.2 Å². The molecule has 1 heterocycles. The predicted molar refractivity (Wildman–Crippen MR) is 88.6 cm³/mol. The Morgan fingerprint density at radius 2 is 2.00 bits per heavy atom. The van der Waals surface area contributed by atoms with E-state index in [0.717, 1.165) is 25.4 Å². The van der Waals surface area contributed by atoms with E-state index < -0.39 is 5.97 Å². The smallest absolute Gasteiger partial charge is 0.309 e. The van der Waals surface area contributed by atoms with Crippen molar-refractivity contribution in [1.82, 2.24) is 10.2 Å². The maximum absolute atomic E-state index is 11.2. The van der Waals surface area contributed by atoms with Gasteiger partial charge in [0.25, 0.3) is 0 Å². The molecule has 126 valence electrons. The summed E-state index contributed by atoms with van der Waals surface area (Å²) >= 11 is 0. The lowest BCUT2D eigenvalue weighted by atomic mass is 10.1. The average Bonchev–Trinajstić information content (AvgIpc) is 2.93. The molecule has 5 nitrogen and oxygen atoms in total. The van der Waals surface area contributed by atoms with Crippen molar-refractivity contribution in [2.75, 3.05) is 26.2 Å². The molecule has 2 N–H and O–H groups in total. The number of benzene rings is 1. The summed E-state index contributed by atoms with van der Waals surface area (Å²) in [4.78, 5) is 13.4. The zero-order valence-corrected chi connectivity index (χ0v) is 13.5. The zero-order chi connectivity index (χ0) is 16.1. The maximum atomic E-state index is 11.2. The second-order valence-electron chi connectivity index (χ2n) is 6.64. The molecular weight excluding hydrogens is 292 g/mol. The molecule has 1 atom stereocenters. The number of ether oxygens (including phenoxy) is 1. The van der Waals surface area contributed by atoms with Crippen molar-refractivity contribution in [3.05, 3.63) is 29.8 Å². The van der Waals surface area contributed by atoms with Crippen LogP contribution in [-0.2, 0) is 11.3 Å². The van der Waals surface area contributed by atoms with E-state index in [9.17, 15) is 9.90 Å². The lowest BCUT2D eigenvalue weighted by Gasteiger charge is -2.22. The molecule has 3 rings (SSSR count). The van der Waals surface area contributed by atoms with Gasteiger partial charge in [-0.2, -0.15) is 0 Å². The van der Waals surface area contributed by atoms with E-state index in [1.54, 1.807) is 0 Å². The van der Waals surface area contributed by atoms with Crippen LogP contribution in [0.4, 0.5) is 0 Å². The quantitative estimate of drug-likeness (QED) is 0.871. The summed E-state index contributed by atoms with van der Waals surface area (Å²) in [6, 6.07) is 8.27. The third-order valence-corrected chi connectivity index (χ3v) is 4.76. The normalized spacial score (nSPS) is 23.6. The van der Waals surface area contributed by atoms with Crippen molar-refractivity contribution < 1.29 is 14.6 Å². The van der Waals surface area contributed by atoms with Crippen LogP contribution in [0.15, 0.2) is 24.3 Å². The maximum Gasteiger partial charge on any atom is 0.309 e. The van der Waals surface area contributed by atoms with E-state index in [4.69, 9.17) is 4.74 Å². The van der Waals surface area contributed by atoms with Gasteiger partial charge in [0.1, 0.15) is 5.75 Å². The molecule has 1 unspecified atom stereocenters. The number of carbonyl (C=O) groups is 1. The van der Waals surface area contributed by atoms with E-state index in [2.05, 4.69) is 22.3 Å². The first-order chi connectivity index (χ1) is 11.2. The SMILES string of the molecule is O=C(O)C1CNCCN(Cc2ccc(OC3CCCC3)cc2)C1. The Labute approximate surface area is 137 Å². The molecule has 0 amide bonds. The van der Waals surface area contributed by atoms with Crippen LogP contribution in [0.25, 0.3) is 0 Å². The van der Waals surface area contributed by atoms with Crippen LogP contribution >= 0.6 is 0 Å². The Kier molecular flexibility index (Phi) is 5.51. The number of nitrogens with zero attached hydrogens (tertiary/aromatic N) is 1. The van der Waals surface area contributed by atoms with Gasteiger partial charge < -0.3 is 15.2 Å². The summed E-state index contributed by atoms with van der Waals surface area (Å²) in [5, 5.41) is 12.4. The average molecular weight is 318 g/mol. The molecular formula is C18H26N2O3. The monoisotopic (exact) mass is 318 g/mol. The molecule has 1 saturated heterocycles. The highest BCUT2D eigenvalue weighted by molar-refractivity contribution is 5.70. The number of nitrogens with one attached hydrogen (secondary N) is 1. The molecule has 2 aliphatic rings. The first-order valence-corrected chi connectivity index (χ1v) is 8.62. The largest absolute Gasteiger partial charge is 0.490 e. The van der Waals surface area contributed by atoms with Crippen molar-refractivity contribution in [2.24, 2.45) is 5.92 Å². The summed E-state index contributed by atoms with van der Waals surface area (Å²) in [5.41, 5.74) is 1.20. The Bertz CT molecular complexity index is 512. The fraction of sp³-hybridized carbons (Fsp3) is 0.611. The molecule has 1 saturated carbocycles. The molecule has 2 fully saturated rings. The number of aliphatic carboxylic acids is 1. The Balaban J connectivity index is 1.55. The van der Waals surface area contributed by atoms with Gasteiger partial charge in [-0.25, -0.2) is 0 Å². The highest BCUT2D eigenvalue weighted by Crippen LogP contribution is 2.24. The number of carboxylic acids is 1. The number of carboxylic acid groups (broad SMARTS) is 1. The summed E-state index contributed by atoms with van der Waals surface area (Å²) in [6.07, 6.45) is 5.26. The predicted octanol–water partition coefficient (Wildman–Crippen LogP) is 2.11. The summed E-state index contributed by atoms with van der Waals surface area (Å²) in [7, 11) is 0. The molecule has 5 heteroatoms. The highest BCUT2D eigenvalue weighted by atomic mass is 16.5. The van der Waals surface area contributed by atoms with Gasteiger partial charge >= 0.3 is 5.97 Å².